The summed E-state index contributed by atoms with van der Waals surface area (Å²) in [4.78, 5) is 13.6. The molecule has 0 radical (unpaired) electrons. The first kappa shape index (κ1) is 14.4. The van der Waals surface area contributed by atoms with Gasteiger partial charge in [-0.15, -0.1) is 11.8 Å². The van der Waals surface area contributed by atoms with Crippen molar-refractivity contribution in [3.8, 4) is 0 Å². The van der Waals surface area contributed by atoms with E-state index in [0.29, 0.717) is 13.0 Å². The molecule has 0 aliphatic carbocycles. The van der Waals surface area contributed by atoms with Crippen LogP contribution in [-0.2, 0) is 11.2 Å². The van der Waals surface area contributed by atoms with Crippen LogP contribution in [0.25, 0.3) is 0 Å². The molecule has 0 bridgehead atoms. The average Bonchev–Trinajstić information content (AvgIpc) is 2.55. The Morgan fingerprint density at radius 1 is 1.19 bits per heavy atom. The van der Waals surface area contributed by atoms with Crippen LogP contribution in [0.2, 0.25) is 0 Å². The number of fused-ring (bicyclic) bond motifs is 1. The highest BCUT2D eigenvalue weighted by molar-refractivity contribution is 7.98. The molecule has 0 amide bonds. The first-order chi connectivity index (χ1) is 10.3. The van der Waals surface area contributed by atoms with Crippen molar-refractivity contribution in [2.45, 2.75) is 23.8 Å². The molecule has 1 aliphatic heterocycles. The van der Waals surface area contributed by atoms with E-state index in [1.165, 1.54) is 11.1 Å². The lowest BCUT2D eigenvalue weighted by Gasteiger charge is -2.25. The Bertz CT molecular complexity index is 651. The van der Waals surface area contributed by atoms with E-state index in [4.69, 9.17) is 4.74 Å². The maximum absolute atomic E-state index is 12.6. The van der Waals surface area contributed by atoms with Crippen LogP contribution >= 0.6 is 11.8 Å². The molecule has 0 saturated carbocycles. The van der Waals surface area contributed by atoms with E-state index in [2.05, 4.69) is 12.1 Å². The molecule has 3 heteroatoms. The lowest BCUT2D eigenvalue weighted by Crippen LogP contribution is -2.19. The number of ketones is 1. The summed E-state index contributed by atoms with van der Waals surface area (Å²) in [6.07, 6.45) is 3.23. The highest BCUT2D eigenvalue weighted by Gasteiger charge is 2.24. The molecule has 21 heavy (non-hydrogen) atoms. The van der Waals surface area contributed by atoms with Gasteiger partial charge in [-0.05, 0) is 29.9 Å². The highest BCUT2D eigenvalue weighted by Crippen LogP contribution is 2.31. The lowest BCUT2D eigenvalue weighted by atomic mass is 9.93. The van der Waals surface area contributed by atoms with Gasteiger partial charge < -0.3 is 4.74 Å². The zero-order valence-electron chi connectivity index (χ0n) is 12.0. The summed E-state index contributed by atoms with van der Waals surface area (Å²) in [6.45, 7) is 0.694. The summed E-state index contributed by atoms with van der Waals surface area (Å²) in [5.41, 5.74) is 3.27. The summed E-state index contributed by atoms with van der Waals surface area (Å²) in [5.74, 6) is 0.154. The van der Waals surface area contributed by atoms with E-state index >= 15 is 0 Å². The number of carbonyl (C=O) groups is 1. The van der Waals surface area contributed by atoms with E-state index in [1.807, 2.05) is 42.7 Å². The summed E-state index contributed by atoms with van der Waals surface area (Å²) in [7, 11) is 0. The second kappa shape index (κ2) is 6.46. The molecule has 1 atom stereocenters. The van der Waals surface area contributed by atoms with Crippen LogP contribution in [-0.4, -0.2) is 18.6 Å². The van der Waals surface area contributed by atoms with Crippen molar-refractivity contribution in [3.63, 3.8) is 0 Å². The molecule has 2 aromatic carbocycles. The van der Waals surface area contributed by atoms with Crippen molar-refractivity contribution in [2.75, 3.05) is 12.9 Å². The fourth-order valence-corrected chi connectivity index (χ4v) is 3.42. The predicted molar refractivity (Wildman–Crippen MR) is 86.0 cm³/mol. The van der Waals surface area contributed by atoms with Crippen LogP contribution in [0.1, 0.15) is 34.0 Å². The number of hydrogen-bond acceptors (Lipinski definition) is 3. The highest BCUT2D eigenvalue weighted by atomic mass is 32.2. The van der Waals surface area contributed by atoms with Crippen molar-refractivity contribution in [1.82, 2.24) is 0 Å². The molecule has 0 fully saturated rings. The molecule has 0 spiro atoms. The topological polar surface area (TPSA) is 26.3 Å². The van der Waals surface area contributed by atoms with Gasteiger partial charge in [0, 0.05) is 16.9 Å². The number of benzene rings is 2. The van der Waals surface area contributed by atoms with Crippen LogP contribution in [0.5, 0.6) is 0 Å². The summed E-state index contributed by atoms with van der Waals surface area (Å²) < 4.78 is 5.84. The van der Waals surface area contributed by atoms with Crippen LogP contribution < -0.4 is 0 Å². The zero-order valence-corrected chi connectivity index (χ0v) is 12.9. The Hall–Kier alpha value is -1.58. The summed E-state index contributed by atoms with van der Waals surface area (Å²) >= 11 is 1.61. The van der Waals surface area contributed by atoms with E-state index in [0.717, 1.165) is 16.9 Å². The standard InChI is InChI=1S/C18H18O2S/c1-21-18-9-5-4-8-15(18)16(19)12-17-14-7-3-2-6-13(14)10-11-20-17/h2-9,17H,10-12H2,1H3. The lowest BCUT2D eigenvalue weighted by molar-refractivity contribution is 0.0351. The molecule has 2 aromatic rings. The van der Waals surface area contributed by atoms with Gasteiger partial charge in [-0.25, -0.2) is 0 Å². The van der Waals surface area contributed by atoms with Gasteiger partial charge in [-0.3, -0.25) is 4.79 Å². The van der Waals surface area contributed by atoms with Crippen LogP contribution in [0.3, 0.4) is 0 Å². The van der Waals surface area contributed by atoms with Crippen LogP contribution in [0.4, 0.5) is 0 Å². The third-order valence-electron chi connectivity index (χ3n) is 3.87. The predicted octanol–water partition coefficient (Wildman–Crippen LogP) is 4.30. The molecule has 3 rings (SSSR count). The van der Waals surface area contributed by atoms with Gasteiger partial charge in [0.2, 0.25) is 0 Å². The summed E-state index contributed by atoms with van der Waals surface area (Å²) in [6, 6.07) is 16.1. The fourth-order valence-electron chi connectivity index (χ4n) is 2.80. The van der Waals surface area contributed by atoms with Crippen molar-refractivity contribution in [2.24, 2.45) is 0 Å². The van der Waals surface area contributed by atoms with Crippen molar-refractivity contribution in [1.29, 1.82) is 0 Å². The number of rotatable bonds is 4. The Labute approximate surface area is 129 Å². The van der Waals surface area contributed by atoms with Gasteiger partial charge in [0.1, 0.15) is 0 Å². The van der Waals surface area contributed by atoms with Crippen molar-refractivity contribution in [3.05, 3.63) is 65.2 Å². The van der Waals surface area contributed by atoms with E-state index in [-0.39, 0.29) is 11.9 Å². The van der Waals surface area contributed by atoms with E-state index in [9.17, 15) is 4.79 Å². The largest absolute Gasteiger partial charge is 0.373 e. The molecule has 0 aromatic heterocycles. The molecule has 0 saturated heterocycles. The SMILES string of the molecule is CSc1ccccc1C(=O)CC1OCCc2ccccc21. The first-order valence-corrected chi connectivity index (χ1v) is 8.37. The molecular weight excluding hydrogens is 280 g/mol. The fraction of sp³-hybridized carbons (Fsp3) is 0.278. The molecule has 0 N–H and O–H groups in total. The Balaban J connectivity index is 1.83. The van der Waals surface area contributed by atoms with E-state index in [1.54, 1.807) is 11.8 Å². The first-order valence-electron chi connectivity index (χ1n) is 7.15. The minimum absolute atomic E-state index is 0.114. The second-order valence-electron chi connectivity index (χ2n) is 5.14. The molecule has 1 aliphatic rings. The Morgan fingerprint density at radius 2 is 1.95 bits per heavy atom. The molecule has 1 heterocycles. The maximum atomic E-state index is 12.6. The third kappa shape index (κ3) is 3.04. The average molecular weight is 298 g/mol. The van der Waals surface area contributed by atoms with Crippen molar-refractivity contribution >= 4 is 17.5 Å². The van der Waals surface area contributed by atoms with Gasteiger partial charge in [-0.2, -0.15) is 0 Å². The number of Topliss-reactive ketones (excluding diaryl/α,β-unsaturated/α-hetero) is 1. The molecular formula is C18H18O2S. The van der Waals surface area contributed by atoms with Gasteiger partial charge >= 0.3 is 0 Å². The maximum Gasteiger partial charge on any atom is 0.166 e. The third-order valence-corrected chi connectivity index (χ3v) is 4.67. The number of carbonyl (C=O) groups excluding carboxylic acids is 1. The summed E-state index contributed by atoms with van der Waals surface area (Å²) in [5, 5.41) is 0. The molecule has 2 nitrogen and oxygen atoms in total. The van der Waals surface area contributed by atoms with Crippen molar-refractivity contribution < 1.29 is 9.53 Å². The quantitative estimate of drug-likeness (QED) is 0.622. The molecule has 108 valence electrons. The minimum atomic E-state index is -0.114. The number of ether oxygens (including phenoxy) is 1. The van der Waals surface area contributed by atoms with Gasteiger partial charge in [0.15, 0.2) is 5.78 Å². The zero-order chi connectivity index (χ0) is 14.7. The van der Waals surface area contributed by atoms with Gasteiger partial charge in [0.05, 0.1) is 12.7 Å². The van der Waals surface area contributed by atoms with Gasteiger partial charge in [0.25, 0.3) is 0 Å². The number of thioether (sulfide) groups is 1. The van der Waals surface area contributed by atoms with E-state index < -0.39 is 0 Å². The smallest absolute Gasteiger partial charge is 0.166 e. The molecule has 1 unspecified atom stereocenters. The number of hydrogen-bond donors (Lipinski definition) is 0. The monoisotopic (exact) mass is 298 g/mol. The Kier molecular flexibility index (Phi) is 4.42. The Morgan fingerprint density at radius 3 is 2.81 bits per heavy atom. The minimum Gasteiger partial charge on any atom is -0.373 e. The normalized spacial score (nSPS) is 17.3. The second-order valence-corrected chi connectivity index (χ2v) is 5.98. The van der Waals surface area contributed by atoms with Gasteiger partial charge in [-0.1, -0.05) is 42.5 Å². The van der Waals surface area contributed by atoms with Crippen LogP contribution in [0, 0.1) is 0 Å². The van der Waals surface area contributed by atoms with Crippen LogP contribution in [0.15, 0.2) is 53.4 Å².